The number of anilines is 1. The fourth-order valence-electron chi connectivity index (χ4n) is 2.29. The molecule has 1 aliphatic rings. The van der Waals surface area contributed by atoms with Gasteiger partial charge in [0.05, 0.1) is 5.56 Å². The van der Waals surface area contributed by atoms with Crippen molar-refractivity contribution in [2.24, 2.45) is 0 Å². The minimum Gasteiger partial charge on any atom is -0.465 e. The van der Waals surface area contributed by atoms with Crippen LogP contribution in [-0.4, -0.2) is 51.2 Å². The summed E-state index contributed by atoms with van der Waals surface area (Å²) in [6.45, 7) is 4.10. The molecule has 1 fully saturated rings. The molecule has 1 N–H and O–H groups in total. The highest BCUT2D eigenvalue weighted by Crippen LogP contribution is 2.29. The summed E-state index contributed by atoms with van der Waals surface area (Å²) in [4.78, 5) is 21.6. The third-order valence-corrected chi connectivity index (χ3v) is 3.45. The van der Waals surface area contributed by atoms with Crippen LogP contribution in [0.2, 0.25) is 0 Å². The normalized spacial score (nSPS) is 23.3. The molecule has 1 saturated heterocycles. The van der Waals surface area contributed by atoms with E-state index in [-0.39, 0.29) is 24.6 Å². The molecular weight excluding hydrogens is 289 g/mol. The largest absolute Gasteiger partial charge is 0.465 e. The van der Waals surface area contributed by atoms with Crippen LogP contribution in [0.1, 0.15) is 19.4 Å². The molecule has 0 aromatic carbocycles. The Balaban J connectivity index is 2.17. The maximum atomic E-state index is 12.5. The Morgan fingerprint density at radius 2 is 1.81 bits per heavy atom. The van der Waals surface area contributed by atoms with Crippen molar-refractivity contribution in [2.45, 2.75) is 32.1 Å². The van der Waals surface area contributed by atoms with Crippen LogP contribution in [-0.2, 0) is 6.18 Å². The quantitative estimate of drug-likeness (QED) is 0.860. The zero-order chi connectivity index (χ0) is 15.8. The summed E-state index contributed by atoms with van der Waals surface area (Å²) >= 11 is 0. The zero-order valence-electron chi connectivity index (χ0n) is 11.5. The molecule has 6 nitrogen and oxygen atoms in total. The van der Waals surface area contributed by atoms with Crippen molar-refractivity contribution in [3.8, 4) is 0 Å². The lowest BCUT2D eigenvalue weighted by Gasteiger charge is -2.42. The Morgan fingerprint density at radius 3 is 2.29 bits per heavy atom. The topological polar surface area (TPSA) is 69.6 Å². The summed E-state index contributed by atoms with van der Waals surface area (Å²) in [5, 5.41) is 9.06. The van der Waals surface area contributed by atoms with E-state index in [2.05, 4.69) is 9.97 Å². The predicted octanol–water partition coefficient (Wildman–Crippen LogP) is 2.07. The average Bonchev–Trinajstić information content (AvgIpc) is 2.40. The van der Waals surface area contributed by atoms with Gasteiger partial charge in [0, 0.05) is 37.6 Å². The molecule has 116 valence electrons. The van der Waals surface area contributed by atoms with Crippen LogP contribution in [0.4, 0.5) is 23.9 Å². The average molecular weight is 304 g/mol. The first-order chi connectivity index (χ1) is 9.70. The molecule has 1 amide bonds. The second-order valence-electron chi connectivity index (χ2n) is 5.05. The highest BCUT2D eigenvalue weighted by Gasteiger charge is 2.35. The minimum absolute atomic E-state index is 0.174. The molecule has 0 aliphatic carbocycles. The Morgan fingerprint density at radius 1 is 1.24 bits per heavy atom. The first-order valence-electron chi connectivity index (χ1n) is 6.35. The molecule has 1 aromatic rings. The lowest BCUT2D eigenvalue weighted by Crippen LogP contribution is -2.58. The molecule has 2 atom stereocenters. The van der Waals surface area contributed by atoms with Gasteiger partial charge >= 0.3 is 12.3 Å². The van der Waals surface area contributed by atoms with Gasteiger partial charge in [0.1, 0.15) is 0 Å². The lowest BCUT2D eigenvalue weighted by atomic mass is 10.1. The van der Waals surface area contributed by atoms with E-state index in [9.17, 15) is 18.0 Å². The summed E-state index contributed by atoms with van der Waals surface area (Å²) < 4.78 is 37.4. The van der Waals surface area contributed by atoms with E-state index in [0.717, 1.165) is 12.4 Å². The number of amides is 1. The van der Waals surface area contributed by atoms with Crippen LogP contribution in [0, 0.1) is 0 Å². The fraction of sp³-hybridized carbons (Fsp3) is 0.583. The highest BCUT2D eigenvalue weighted by molar-refractivity contribution is 5.66. The number of aromatic nitrogens is 2. The van der Waals surface area contributed by atoms with Crippen molar-refractivity contribution >= 4 is 12.0 Å². The number of nitrogens with zero attached hydrogens (tertiary/aromatic N) is 4. The zero-order valence-corrected chi connectivity index (χ0v) is 11.5. The number of hydrogen-bond donors (Lipinski definition) is 1. The van der Waals surface area contributed by atoms with Crippen molar-refractivity contribution in [1.29, 1.82) is 0 Å². The van der Waals surface area contributed by atoms with Crippen LogP contribution in [0.25, 0.3) is 0 Å². The van der Waals surface area contributed by atoms with Gasteiger partial charge in [-0.05, 0) is 13.8 Å². The smallest absolute Gasteiger partial charge is 0.419 e. The van der Waals surface area contributed by atoms with E-state index in [1.807, 2.05) is 0 Å². The SMILES string of the molecule is CC1CN(C(=O)O)[C@@H](C)CN1c1ncc(C(F)(F)F)cn1. The lowest BCUT2D eigenvalue weighted by molar-refractivity contribution is -0.138. The first-order valence-corrected chi connectivity index (χ1v) is 6.35. The van der Waals surface area contributed by atoms with Gasteiger partial charge in [-0.15, -0.1) is 0 Å². The Kier molecular flexibility index (Phi) is 3.93. The molecule has 1 unspecified atom stereocenters. The number of alkyl halides is 3. The number of rotatable bonds is 1. The maximum Gasteiger partial charge on any atom is 0.419 e. The molecule has 0 radical (unpaired) electrons. The van der Waals surface area contributed by atoms with Crippen LogP contribution in [0.3, 0.4) is 0 Å². The summed E-state index contributed by atoms with van der Waals surface area (Å²) in [7, 11) is 0. The van der Waals surface area contributed by atoms with Crippen LogP contribution < -0.4 is 4.90 Å². The second-order valence-corrected chi connectivity index (χ2v) is 5.05. The van der Waals surface area contributed by atoms with Gasteiger partial charge in [-0.2, -0.15) is 13.2 Å². The second kappa shape index (κ2) is 5.38. The Hall–Kier alpha value is -2.06. The summed E-state index contributed by atoms with van der Waals surface area (Å²) in [5.41, 5.74) is -0.906. The molecule has 9 heteroatoms. The third kappa shape index (κ3) is 3.17. The molecule has 0 spiro atoms. The molecular formula is C12H15F3N4O2. The standard InChI is InChI=1S/C12H15F3N4O2/c1-7-6-19(11(20)21)8(2)5-18(7)10-16-3-9(4-17-10)12(13,14)15/h3-4,7-8H,5-6H2,1-2H3,(H,20,21)/t7?,8-/m0/s1. The fourth-order valence-corrected chi connectivity index (χ4v) is 2.29. The third-order valence-electron chi connectivity index (χ3n) is 3.45. The molecule has 0 saturated carbocycles. The van der Waals surface area contributed by atoms with Crippen molar-refractivity contribution in [3.05, 3.63) is 18.0 Å². The van der Waals surface area contributed by atoms with Crippen molar-refractivity contribution in [1.82, 2.24) is 14.9 Å². The van der Waals surface area contributed by atoms with Gasteiger partial charge in [-0.25, -0.2) is 14.8 Å². The van der Waals surface area contributed by atoms with Crippen LogP contribution in [0.15, 0.2) is 12.4 Å². The van der Waals surface area contributed by atoms with Gasteiger partial charge in [-0.1, -0.05) is 0 Å². The molecule has 2 heterocycles. The van der Waals surface area contributed by atoms with E-state index in [4.69, 9.17) is 5.11 Å². The molecule has 0 bridgehead atoms. The van der Waals surface area contributed by atoms with E-state index >= 15 is 0 Å². The predicted molar refractivity (Wildman–Crippen MR) is 68.0 cm³/mol. The van der Waals surface area contributed by atoms with Gasteiger partial charge in [0.15, 0.2) is 0 Å². The van der Waals surface area contributed by atoms with Crippen molar-refractivity contribution in [3.63, 3.8) is 0 Å². The molecule has 1 aromatic heterocycles. The number of piperazine rings is 1. The monoisotopic (exact) mass is 304 g/mol. The van der Waals surface area contributed by atoms with E-state index in [1.54, 1.807) is 18.7 Å². The van der Waals surface area contributed by atoms with Gasteiger partial charge in [0.25, 0.3) is 0 Å². The van der Waals surface area contributed by atoms with E-state index in [1.165, 1.54) is 4.90 Å². The summed E-state index contributed by atoms with van der Waals surface area (Å²) in [6, 6.07) is -0.501. The summed E-state index contributed by atoms with van der Waals surface area (Å²) in [6.07, 6.45) is -4.01. The number of halogens is 3. The summed E-state index contributed by atoms with van der Waals surface area (Å²) in [5.74, 6) is 0.174. The van der Waals surface area contributed by atoms with Gasteiger partial charge in [0.2, 0.25) is 5.95 Å². The Labute approximate surface area is 119 Å². The number of carboxylic acid groups (broad SMARTS) is 1. The van der Waals surface area contributed by atoms with Crippen LogP contribution >= 0.6 is 0 Å². The molecule has 21 heavy (non-hydrogen) atoms. The van der Waals surface area contributed by atoms with Crippen LogP contribution in [0.5, 0.6) is 0 Å². The van der Waals surface area contributed by atoms with E-state index in [0.29, 0.717) is 6.54 Å². The van der Waals surface area contributed by atoms with E-state index < -0.39 is 17.8 Å². The van der Waals surface area contributed by atoms with Gasteiger partial charge < -0.3 is 14.9 Å². The Bertz CT molecular complexity index is 520. The maximum absolute atomic E-state index is 12.5. The van der Waals surface area contributed by atoms with Crippen molar-refractivity contribution in [2.75, 3.05) is 18.0 Å². The number of carbonyl (C=O) groups is 1. The number of hydrogen-bond acceptors (Lipinski definition) is 4. The van der Waals surface area contributed by atoms with Gasteiger partial charge in [-0.3, -0.25) is 0 Å². The first kappa shape index (κ1) is 15.3. The molecule has 2 rings (SSSR count). The molecule has 1 aliphatic heterocycles. The highest BCUT2D eigenvalue weighted by atomic mass is 19.4. The minimum atomic E-state index is -4.47. The van der Waals surface area contributed by atoms with Crippen molar-refractivity contribution < 1.29 is 23.1 Å².